The minimum Gasteiger partial charge on any atom is -0.311 e. The second-order valence-electron chi connectivity index (χ2n) is 4.98. The lowest BCUT2D eigenvalue weighted by Gasteiger charge is -2.17. The second kappa shape index (κ2) is 7.90. The van der Waals surface area contributed by atoms with Gasteiger partial charge in [0.05, 0.1) is 11.9 Å². The van der Waals surface area contributed by atoms with E-state index in [-0.39, 0.29) is 5.82 Å². The first kappa shape index (κ1) is 15.7. The maximum Gasteiger partial charge on any atom is 0.123 e. The summed E-state index contributed by atoms with van der Waals surface area (Å²) >= 11 is 0. The molecule has 0 saturated heterocycles. The van der Waals surface area contributed by atoms with E-state index in [9.17, 15) is 4.39 Å². The molecule has 1 aromatic heterocycles. The average molecular weight is 290 g/mol. The van der Waals surface area contributed by atoms with Crippen LogP contribution >= 0.6 is 0 Å². The third kappa shape index (κ3) is 4.37. The quantitative estimate of drug-likeness (QED) is 0.735. The number of halogens is 1. The molecule has 5 heteroatoms. The van der Waals surface area contributed by atoms with Gasteiger partial charge in [0, 0.05) is 30.8 Å². The van der Waals surface area contributed by atoms with Gasteiger partial charge in [0.1, 0.15) is 5.82 Å². The maximum atomic E-state index is 13.0. The number of benzene rings is 1. The normalized spacial score (nSPS) is 11.2. The van der Waals surface area contributed by atoms with E-state index in [2.05, 4.69) is 34.3 Å². The lowest BCUT2D eigenvalue weighted by atomic mass is 10.1. The maximum absolute atomic E-state index is 13.0. The standard InChI is InChI=1S/C16H23FN4/c1-3-21(4-2)10-9-18-11-14-12-19-20-16(14)13-5-7-15(17)8-6-13/h5-8,12,18H,3-4,9-11H2,1-2H3,(H,19,20). The Morgan fingerprint density at radius 3 is 2.57 bits per heavy atom. The van der Waals surface area contributed by atoms with E-state index in [4.69, 9.17) is 0 Å². The number of H-pyrrole nitrogens is 1. The van der Waals surface area contributed by atoms with Crippen molar-refractivity contribution in [3.05, 3.63) is 41.8 Å². The van der Waals surface area contributed by atoms with Crippen molar-refractivity contribution >= 4 is 0 Å². The minimum absolute atomic E-state index is 0.225. The zero-order valence-corrected chi connectivity index (χ0v) is 12.7. The highest BCUT2D eigenvalue weighted by Crippen LogP contribution is 2.21. The SMILES string of the molecule is CCN(CC)CCNCc1cn[nH]c1-c1ccc(F)cc1. The zero-order chi connectivity index (χ0) is 15.1. The van der Waals surface area contributed by atoms with Gasteiger partial charge < -0.3 is 10.2 Å². The predicted molar refractivity (Wildman–Crippen MR) is 83.5 cm³/mol. The Morgan fingerprint density at radius 2 is 1.90 bits per heavy atom. The molecular formula is C16H23FN4. The summed E-state index contributed by atoms with van der Waals surface area (Å²) in [4.78, 5) is 2.38. The lowest BCUT2D eigenvalue weighted by molar-refractivity contribution is 0.302. The fraction of sp³-hybridized carbons (Fsp3) is 0.438. The van der Waals surface area contributed by atoms with Crippen LogP contribution in [0.3, 0.4) is 0 Å². The fourth-order valence-electron chi connectivity index (χ4n) is 2.31. The van der Waals surface area contributed by atoms with Crippen molar-refractivity contribution in [3.8, 4) is 11.3 Å². The van der Waals surface area contributed by atoms with Crippen LogP contribution in [-0.4, -0.2) is 41.3 Å². The molecule has 0 aliphatic carbocycles. The van der Waals surface area contributed by atoms with Crippen molar-refractivity contribution < 1.29 is 4.39 Å². The first-order valence-corrected chi connectivity index (χ1v) is 7.45. The molecule has 0 aliphatic rings. The fourth-order valence-corrected chi connectivity index (χ4v) is 2.31. The van der Waals surface area contributed by atoms with Gasteiger partial charge in [-0.2, -0.15) is 5.10 Å². The Bertz CT molecular complexity index is 531. The smallest absolute Gasteiger partial charge is 0.123 e. The van der Waals surface area contributed by atoms with Gasteiger partial charge in [-0.3, -0.25) is 5.10 Å². The number of aromatic amines is 1. The van der Waals surface area contributed by atoms with Crippen molar-refractivity contribution in [3.63, 3.8) is 0 Å². The van der Waals surface area contributed by atoms with Crippen molar-refractivity contribution in [1.29, 1.82) is 0 Å². The highest BCUT2D eigenvalue weighted by Gasteiger charge is 2.07. The van der Waals surface area contributed by atoms with Gasteiger partial charge >= 0.3 is 0 Å². The van der Waals surface area contributed by atoms with Crippen LogP contribution in [0.25, 0.3) is 11.3 Å². The summed E-state index contributed by atoms with van der Waals surface area (Å²) in [6.45, 7) is 9.23. The average Bonchev–Trinajstić information content (AvgIpc) is 2.97. The minimum atomic E-state index is -0.225. The Kier molecular flexibility index (Phi) is 5.90. The zero-order valence-electron chi connectivity index (χ0n) is 12.7. The molecule has 1 aromatic carbocycles. The van der Waals surface area contributed by atoms with Crippen LogP contribution in [0.4, 0.5) is 4.39 Å². The first-order chi connectivity index (χ1) is 10.2. The monoisotopic (exact) mass is 290 g/mol. The number of nitrogens with one attached hydrogen (secondary N) is 2. The van der Waals surface area contributed by atoms with Gasteiger partial charge in [-0.15, -0.1) is 0 Å². The van der Waals surface area contributed by atoms with Gasteiger partial charge in [-0.1, -0.05) is 13.8 Å². The number of hydrogen-bond acceptors (Lipinski definition) is 3. The van der Waals surface area contributed by atoms with E-state index < -0.39 is 0 Å². The molecule has 0 unspecified atom stereocenters. The highest BCUT2D eigenvalue weighted by atomic mass is 19.1. The molecule has 21 heavy (non-hydrogen) atoms. The third-order valence-electron chi connectivity index (χ3n) is 3.67. The number of nitrogens with zero attached hydrogens (tertiary/aromatic N) is 2. The molecule has 0 spiro atoms. The predicted octanol–water partition coefficient (Wildman–Crippen LogP) is 2.65. The van der Waals surface area contributed by atoms with Crippen molar-refractivity contribution in [2.45, 2.75) is 20.4 Å². The molecular weight excluding hydrogens is 267 g/mol. The van der Waals surface area contributed by atoms with Crippen molar-refractivity contribution in [2.24, 2.45) is 0 Å². The number of likely N-dealkylation sites (N-methyl/N-ethyl adjacent to an activating group) is 1. The molecule has 0 amide bonds. The summed E-state index contributed by atoms with van der Waals surface area (Å²) < 4.78 is 13.0. The summed E-state index contributed by atoms with van der Waals surface area (Å²) in [5.74, 6) is -0.225. The molecule has 0 atom stereocenters. The van der Waals surface area contributed by atoms with Gasteiger partial charge in [-0.25, -0.2) is 4.39 Å². The molecule has 1 heterocycles. The van der Waals surface area contributed by atoms with Gasteiger partial charge in [0.2, 0.25) is 0 Å². The van der Waals surface area contributed by atoms with E-state index >= 15 is 0 Å². The summed E-state index contributed by atoms with van der Waals surface area (Å²) in [6.07, 6.45) is 1.82. The van der Waals surface area contributed by atoms with Gasteiger partial charge in [-0.05, 0) is 37.4 Å². The Labute approximate surface area is 125 Å². The molecule has 2 aromatic rings. The van der Waals surface area contributed by atoms with Crippen molar-refractivity contribution in [1.82, 2.24) is 20.4 Å². The van der Waals surface area contributed by atoms with Crippen LogP contribution in [0.5, 0.6) is 0 Å². The molecule has 2 N–H and O–H groups in total. The van der Waals surface area contributed by atoms with E-state index in [1.807, 2.05) is 6.20 Å². The Morgan fingerprint density at radius 1 is 1.19 bits per heavy atom. The molecule has 4 nitrogen and oxygen atoms in total. The van der Waals surface area contributed by atoms with Gasteiger partial charge in [0.15, 0.2) is 0 Å². The topological polar surface area (TPSA) is 44.0 Å². The van der Waals surface area contributed by atoms with E-state index in [1.54, 1.807) is 12.1 Å². The number of rotatable bonds is 8. The summed E-state index contributed by atoms with van der Waals surface area (Å²) in [5.41, 5.74) is 3.00. The van der Waals surface area contributed by atoms with Crippen LogP contribution in [0.1, 0.15) is 19.4 Å². The van der Waals surface area contributed by atoms with Crippen LogP contribution < -0.4 is 5.32 Å². The lowest BCUT2D eigenvalue weighted by Crippen LogP contribution is -2.31. The van der Waals surface area contributed by atoms with Crippen LogP contribution in [-0.2, 0) is 6.54 Å². The van der Waals surface area contributed by atoms with E-state index in [0.717, 1.165) is 49.5 Å². The van der Waals surface area contributed by atoms with Crippen LogP contribution in [0.2, 0.25) is 0 Å². The highest BCUT2D eigenvalue weighted by molar-refractivity contribution is 5.62. The molecule has 0 bridgehead atoms. The Balaban J connectivity index is 1.90. The molecule has 0 fully saturated rings. The molecule has 2 rings (SSSR count). The number of aromatic nitrogens is 2. The largest absolute Gasteiger partial charge is 0.311 e. The summed E-state index contributed by atoms with van der Waals surface area (Å²) in [5, 5.41) is 10.5. The molecule has 114 valence electrons. The number of hydrogen-bond donors (Lipinski definition) is 2. The van der Waals surface area contributed by atoms with E-state index in [1.165, 1.54) is 12.1 Å². The molecule has 0 radical (unpaired) electrons. The first-order valence-electron chi connectivity index (χ1n) is 7.45. The third-order valence-corrected chi connectivity index (χ3v) is 3.67. The van der Waals surface area contributed by atoms with Crippen LogP contribution in [0, 0.1) is 5.82 Å². The molecule has 0 saturated carbocycles. The molecule has 0 aliphatic heterocycles. The second-order valence-corrected chi connectivity index (χ2v) is 4.98. The Hall–Kier alpha value is -1.72. The van der Waals surface area contributed by atoms with Crippen molar-refractivity contribution in [2.75, 3.05) is 26.2 Å². The van der Waals surface area contributed by atoms with Crippen LogP contribution in [0.15, 0.2) is 30.5 Å². The summed E-state index contributed by atoms with van der Waals surface area (Å²) in [7, 11) is 0. The van der Waals surface area contributed by atoms with E-state index in [0.29, 0.717) is 0 Å². The van der Waals surface area contributed by atoms with Gasteiger partial charge in [0.25, 0.3) is 0 Å². The summed E-state index contributed by atoms with van der Waals surface area (Å²) in [6, 6.07) is 6.46.